The summed E-state index contributed by atoms with van der Waals surface area (Å²) in [4.78, 5) is 15.4. The number of benzene rings is 2. The monoisotopic (exact) mass is 405 g/mol. The van der Waals surface area contributed by atoms with Gasteiger partial charge in [-0.25, -0.2) is 9.37 Å². The second-order valence-electron chi connectivity index (χ2n) is 5.71. The predicted molar refractivity (Wildman–Crippen MR) is 103 cm³/mol. The Bertz CT molecular complexity index is 966. The molecule has 27 heavy (non-hydrogen) atoms. The Morgan fingerprint density at radius 2 is 1.93 bits per heavy atom. The summed E-state index contributed by atoms with van der Waals surface area (Å²) in [5.74, 6) is 0.164. The molecule has 2 N–H and O–H groups in total. The molecule has 1 amide bonds. The minimum atomic E-state index is -0.898. The van der Waals surface area contributed by atoms with E-state index in [1.165, 1.54) is 0 Å². The third kappa shape index (κ3) is 4.96. The topological polar surface area (TPSA) is 52.5 Å². The van der Waals surface area contributed by atoms with E-state index in [0.717, 1.165) is 16.7 Å². The van der Waals surface area contributed by atoms with Gasteiger partial charge in [-0.05, 0) is 41.5 Å². The molecule has 0 spiro atoms. The van der Waals surface area contributed by atoms with Crippen LogP contribution in [0.1, 0.15) is 15.9 Å². The molecular weight excluding hydrogens is 390 g/mol. The molecule has 0 bridgehead atoms. The number of halogens is 3. The summed E-state index contributed by atoms with van der Waals surface area (Å²) in [6, 6.07) is 13.8. The van der Waals surface area contributed by atoms with Gasteiger partial charge in [0, 0.05) is 22.2 Å². The van der Waals surface area contributed by atoms with Gasteiger partial charge in [-0.15, -0.1) is 0 Å². The summed E-state index contributed by atoms with van der Waals surface area (Å²) in [6.45, 7) is -0.621. The van der Waals surface area contributed by atoms with Crippen molar-refractivity contribution in [1.82, 2.24) is 5.32 Å². The van der Waals surface area contributed by atoms with Gasteiger partial charge in [0.15, 0.2) is 12.4 Å². The van der Waals surface area contributed by atoms with Gasteiger partial charge < -0.3 is 10.1 Å². The first-order chi connectivity index (χ1) is 13.1. The SMILES string of the molecule is O=C(NCc1ccc(Cl)cc1Cl)c1c[nH+]cc(-c2cccc(OCF)c2)c1. The van der Waals surface area contributed by atoms with E-state index in [1.807, 2.05) is 6.07 Å². The normalized spacial score (nSPS) is 10.5. The first-order valence-electron chi connectivity index (χ1n) is 8.09. The summed E-state index contributed by atoms with van der Waals surface area (Å²) in [6.07, 6.45) is 3.35. The first-order valence-corrected chi connectivity index (χ1v) is 8.85. The van der Waals surface area contributed by atoms with E-state index in [-0.39, 0.29) is 12.5 Å². The van der Waals surface area contributed by atoms with Crippen LogP contribution in [0.4, 0.5) is 4.39 Å². The molecule has 2 aromatic carbocycles. The van der Waals surface area contributed by atoms with Crippen LogP contribution in [-0.2, 0) is 6.54 Å². The number of amides is 1. The van der Waals surface area contributed by atoms with Gasteiger partial charge in [-0.2, -0.15) is 0 Å². The van der Waals surface area contributed by atoms with Crippen molar-refractivity contribution in [2.75, 3.05) is 6.86 Å². The summed E-state index contributed by atoms with van der Waals surface area (Å²) < 4.78 is 17.2. The minimum Gasteiger partial charge on any atom is -0.463 e. The van der Waals surface area contributed by atoms with Crippen LogP contribution in [-0.4, -0.2) is 12.8 Å². The zero-order chi connectivity index (χ0) is 19.2. The fourth-order valence-corrected chi connectivity index (χ4v) is 3.02. The van der Waals surface area contributed by atoms with Gasteiger partial charge in [0.2, 0.25) is 6.86 Å². The van der Waals surface area contributed by atoms with E-state index in [1.54, 1.807) is 54.9 Å². The average Bonchev–Trinajstić information content (AvgIpc) is 2.68. The number of alkyl halides is 1. The molecule has 0 aliphatic carbocycles. The summed E-state index contributed by atoms with van der Waals surface area (Å²) >= 11 is 12.0. The largest absolute Gasteiger partial charge is 0.463 e. The van der Waals surface area contributed by atoms with Gasteiger partial charge in [-0.3, -0.25) is 4.79 Å². The lowest BCUT2D eigenvalue weighted by Gasteiger charge is -2.08. The molecule has 1 heterocycles. The van der Waals surface area contributed by atoms with Crippen molar-refractivity contribution < 1.29 is 18.9 Å². The molecular formula is C20H16Cl2FN2O2+. The molecule has 0 aliphatic rings. The maximum atomic E-state index is 12.5. The van der Waals surface area contributed by atoms with E-state index >= 15 is 0 Å². The lowest BCUT2D eigenvalue weighted by atomic mass is 10.1. The molecule has 0 radical (unpaired) electrons. The number of pyridine rings is 1. The van der Waals surface area contributed by atoms with Crippen LogP contribution < -0.4 is 15.0 Å². The summed E-state index contributed by atoms with van der Waals surface area (Å²) in [7, 11) is 0. The van der Waals surface area contributed by atoms with Crippen molar-refractivity contribution in [3.63, 3.8) is 0 Å². The van der Waals surface area contributed by atoms with Gasteiger partial charge in [0.25, 0.3) is 5.91 Å². The van der Waals surface area contributed by atoms with Crippen LogP contribution in [0.3, 0.4) is 0 Å². The fraction of sp³-hybridized carbons (Fsp3) is 0.100. The number of aromatic nitrogens is 1. The lowest BCUT2D eigenvalue weighted by molar-refractivity contribution is -0.377. The maximum absolute atomic E-state index is 12.5. The second kappa shape index (κ2) is 8.84. The molecule has 3 rings (SSSR count). The Morgan fingerprint density at radius 1 is 1.07 bits per heavy atom. The third-order valence-electron chi connectivity index (χ3n) is 3.89. The number of carbonyl (C=O) groups is 1. The predicted octanol–water partition coefficient (Wildman–Crippen LogP) is 4.71. The number of ether oxygens (including phenoxy) is 1. The zero-order valence-electron chi connectivity index (χ0n) is 14.1. The zero-order valence-corrected chi connectivity index (χ0v) is 15.6. The number of aromatic amines is 1. The molecule has 0 aliphatic heterocycles. The second-order valence-corrected chi connectivity index (χ2v) is 6.55. The molecule has 0 atom stereocenters. The van der Waals surface area contributed by atoms with Crippen molar-refractivity contribution in [3.05, 3.63) is 82.1 Å². The molecule has 0 unspecified atom stereocenters. The van der Waals surface area contributed by atoms with Crippen LogP contribution in [0.2, 0.25) is 10.0 Å². The first kappa shape index (κ1) is 19.1. The summed E-state index contributed by atoms with van der Waals surface area (Å²) in [5, 5.41) is 3.86. The number of nitrogens with one attached hydrogen (secondary N) is 2. The van der Waals surface area contributed by atoms with Gasteiger partial charge in [0.1, 0.15) is 11.3 Å². The quantitative estimate of drug-likeness (QED) is 0.645. The Kier molecular flexibility index (Phi) is 6.27. The molecule has 3 aromatic rings. The Labute approximate surface area is 165 Å². The molecule has 0 saturated heterocycles. The highest BCUT2D eigenvalue weighted by Gasteiger charge is 2.12. The smallest absolute Gasteiger partial charge is 0.257 e. The average molecular weight is 406 g/mol. The number of carbonyl (C=O) groups excluding carboxylic acids is 1. The highest BCUT2D eigenvalue weighted by Crippen LogP contribution is 2.24. The molecule has 0 saturated carbocycles. The maximum Gasteiger partial charge on any atom is 0.257 e. The van der Waals surface area contributed by atoms with Crippen LogP contribution in [0.5, 0.6) is 5.75 Å². The molecule has 4 nitrogen and oxygen atoms in total. The fourth-order valence-electron chi connectivity index (χ4n) is 2.54. The lowest BCUT2D eigenvalue weighted by Crippen LogP contribution is -2.24. The molecule has 1 aromatic heterocycles. The Hall–Kier alpha value is -2.63. The molecule has 0 fully saturated rings. The van der Waals surface area contributed by atoms with Crippen LogP contribution >= 0.6 is 23.2 Å². The van der Waals surface area contributed by atoms with Crippen molar-refractivity contribution >= 4 is 29.1 Å². The number of rotatable bonds is 6. The van der Waals surface area contributed by atoms with E-state index in [4.69, 9.17) is 27.9 Å². The highest BCUT2D eigenvalue weighted by molar-refractivity contribution is 6.35. The van der Waals surface area contributed by atoms with Crippen molar-refractivity contribution in [1.29, 1.82) is 0 Å². The van der Waals surface area contributed by atoms with Crippen molar-refractivity contribution in [2.45, 2.75) is 6.54 Å². The number of hydrogen-bond donors (Lipinski definition) is 1. The van der Waals surface area contributed by atoms with E-state index in [2.05, 4.69) is 10.3 Å². The van der Waals surface area contributed by atoms with Gasteiger partial charge >= 0.3 is 0 Å². The Balaban J connectivity index is 1.74. The van der Waals surface area contributed by atoms with Crippen LogP contribution in [0.25, 0.3) is 11.1 Å². The van der Waals surface area contributed by atoms with E-state index in [0.29, 0.717) is 21.4 Å². The van der Waals surface area contributed by atoms with Crippen molar-refractivity contribution in [3.8, 4) is 16.9 Å². The third-order valence-corrected chi connectivity index (χ3v) is 4.48. The highest BCUT2D eigenvalue weighted by atomic mass is 35.5. The molecule has 7 heteroatoms. The Morgan fingerprint density at radius 3 is 2.70 bits per heavy atom. The minimum absolute atomic E-state index is 0.254. The van der Waals surface area contributed by atoms with Gasteiger partial charge in [0.05, 0.1) is 0 Å². The number of hydrogen-bond acceptors (Lipinski definition) is 2. The molecule has 138 valence electrons. The van der Waals surface area contributed by atoms with Crippen LogP contribution in [0, 0.1) is 0 Å². The standard InChI is InChI=1S/C20H15Cl2FN2O2/c21-17-5-4-14(19(22)8-17)11-25-20(26)16-6-15(9-24-10-16)13-2-1-3-18(7-13)27-12-23/h1-10H,11-12H2,(H,25,26)/p+1. The van der Waals surface area contributed by atoms with E-state index < -0.39 is 6.86 Å². The van der Waals surface area contributed by atoms with Gasteiger partial charge in [-0.1, -0.05) is 41.4 Å². The van der Waals surface area contributed by atoms with E-state index in [9.17, 15) is 9.18 Å². The number of H-pyrrole nitrogens is 1. The summed E-state index contributed by atoms with van der Waals surface area (Å²) in [5.41, 5.74) is 2.80. The van der Waals surface area contributed by atoms with Crippen molar-refractivity contribution in [2.24, 2.45) is 0 Å². The van der Waals surface area contributed by atoms with Crippen LogP contribution in [0.15, 0.2) is 60.9 Å².